The molecule has 0 spiro atoms. The molecule has 0 bridgehead atoms. The van der Waals surface area contributed by atoms with Gasteiger partial charge in [0, 0.05) is 0 Å². The molecule has 4 nitrogen and oxygen atoms in total. The van der Waals surface area contributed by atoms with Gasteiger partial charge >= 0.3 is 6.11 Å². The number of carbonyl (C=O) groups is 2. The monoisotopic (exact) mass is 303 g/mol. The predicted octanol–water partition coefficient (Wildman–Crippen LogP) is 2.95. The molecular weight excluding hydrogens is 295 g/mol. The molecule has 8 heteroatoms. The van der Waals surface area contributed by atoms with Gasteiger partial charge in [0.15, 0.2) is 6.67 Å². The number of benzene rings is 1. The van der Waals surface area contributed by atoms with Crippen LogP contribution in [0.4, 0.5) is 18.0 Å². The van der Waals surface area contributed by atoms with Crippen molar-refractivity contribution in [2.75, 3.05) is 6.67 Å². The molecule has 1 N–H and O–H groups in total. The highest BCUT2D eigenvalue weighted by atomic mass is 32.2. The summed E-state index contributed by atoms with van der Waals surface area (Å²) in [6.07, 6.45) is -2.43. The molecule has 1 aliphatic heterocycles. The van der Waals surface area contributed by atoms with E-state index in [1.54, 1.807) is 0 Å². The fourth-order valence-electron chi connectivity index (χ4n) is 1.40. The predicted molar refractivity (Wildman–Crippen MR) is 67.1 cm³/mol. The summed E-state index contributed by atoms with van der Waals surface area (Å²) in [5, 5.41) is 1.62. The number of rotatable bonds is 4. The molecule has 1 aromatic rings. The first-order chi connectivity index (χ1) is 9.39. The highest BCUT2D eigenvalue weighted by molar-refractivity contribution is 8.18. The molecule has 1 fully saturated rings. The van der Waals surface area contributed by atoms with Crippen LogP contribution in [0, 0.1) is 0 Å². The fraction of sp³-hybridized carbons (Fsp3) is 0.167. The van der Waals surface area contributed by atoms with Crippen molar-refractivity contribution < 1.29 is 27.5 Å². The van der Waals surface area contributed by atoms with Crippen LogP contribution in [-0.4, -0.2) is 23.9 Å². The standard InChI is InChI=1S/C12H8F3NO3S/c13-6-12(14,15)19-8-3-1-7(2-4-8)5-9-10(17)16-11(18)20-9/h1-5H,6H2,(H,16,17,18)/b9-5-. The lowest BCUT2D eigenvalue weighted by Gasteiger charge is -2.14. The molecule has 1 saturated heterocycles. The smallest absolute Gasteiger partial charge is 0.427 e. The van der Waals surface area contributed by atoms with Gasteiger partial charge in [0.05, 0.1) is 4.91 Å². The second-order valence-corrected chi connectivity index (χ2v) is 4.81. The molecule has 1 aliphatic rings. The van der Waals surface area contributed by atoms with Crippen LogP contribution in [-0.2, 0) is 4.79 Å². The van der Waals surface area contributed by atoms with Gasteiger partial charge in [0.25, 0.3) is 11.1 Å². The Morgan fingerprint density at radius 2 is 1.90 bits per heavy atom. The molecule has 0 aromatic heterocycles. The molecule has 1 heterocycles. The first kappa shape index (κ1) is 14.4. The lowest BCUT2D eigenvalue weighted by Crippen LogP contribution is -2.26. The molecular formula is C12H8F3NO3S. The van der Waals surface area contributed by atoms with Crippen molar-refractivity contribution in [1.82, 2.24) is 5.32 Å². The van der Waals surface area contributed by atoms with E-state index in [0.29, 0.717) is 5.56 Å². The Kier molecular flexibility index (Phi) is 4.03. The zero-order chi connectivity index (χ0) is 14.8. The molecule has 20 heavy (non-hydrogen) atoms. The van der Waals surface area contributed by atoms with Gasteiger partial charge in [-0.2, -0.15) is 8.78 Å². The Labute approximate surface area is 116 Å². The molecule has 106 valence electrons. The molecule has 1 aromatic carbocycles. The summed E-state index contributed by atoms with van der Waals surface area (Å²) >= 11 is 0.747. The second kappa shape index (κ2) is 5.58. The number of ether oxygens (including phenoxy) is 1. The van der Waals surface area contributed by atoms with Crippen molar-refractivity contribution in [2.24, 2.45) is 0 Å². The lowest BCUT2D eigenvalue weighted by atomic mass is 10.2. The van der Waals surface area contributed by atoms with Crippen LogP contribution in [0.3, 0.4) is 0 Å². The first-order valence-electron chi connectivity index (χ1n) is 5.37. The normalized spacial score (nSPS) is 17.4. The first-order valence-corrected chi connectivity index (χ1v) is 6.19. The second-order valence-electron chi connectivity index (χ2n) is 3.79. The van der Waals surface area contributed by atoms with Crippen LogP contribution < -0.4 is 10.1 Å². The third kappa shape index (κ3) is 3.53. The van der Waals surface area contributed by atoms with Crippen LogP contribution in [0.2, 0.25) is 0 Å². The zero-order valence-electron chi connectivity index (χ0n) is 9.86. The van der Waals surface area contributed by atoms with Crippen molar-refractivity contribution >= 4 is 29.0 Å². The maximum Gasteiger partial charge on any atom is 0.427 e. The summed E-state index contributed by atoms with van der Waals surface area (Å²) in [5.74, 6) is -0.710. The quantitative estimate of drug-likeness (QED) is 0.869. The number of hydrogen-bond donors (Lipinski definition) is 1. The minimum absolute atomic E-state index is 0.200. The van der Waals surface area contributed by atoms with E-state index in [1.807, 2.05) is 0 Å². The number of carbonyl (C=O) groups excluding carboxylic acids is 2. The third-order valence-electron chi connectivity index (χ3n) is 2.24. The van der Waals surface area contributed by atoms with Gasteiger partial charge < -0.3 is 4.74 Å². The maximum absolute atomic E-state index is 12.7. The van der Waals surface area contributed by atoms with E-state index in [2.05, 4.69) is 10.1 Å². The number of imide groups is 1. The van der Waals surface area contributed by atoms with Crippen molar-refractivity contribution in [3.05, 3.63) is 34.7 Å². The average molecular weight is 303 g/mol. The molecule has 0 radical (unpaired) electrons. The number of thioether (sulfide) groups is 1. The largest absolute Gasteiger partial charge is 0.431 e. The van der Waals surface area contributed by atoms with Gasteiger partial charge in [-0.25, -0.2) is 4.39 Å². The Bertz CT molecular complexity index is 572. The Hall–Kier alpha value is -1.96. The zero-order valence-corrected chi connectivity index (χ0v) is 10.7. The van der Waals surface area contributed by atoms with E-state index in [9.17, 15) is 22.8 Å². The topological polar surface area (TPSA) is 55.4 Å². The van der Waals surface area contributed by atoms with Crippen LogP contribution in [0.15, 0.2) is 29.2 Å². The minimum Gasteiger partial charge on any atom is -0.431 e. The van der Waals surface area contributed by atoms with Crippen molar-refractivity contribution in [3.63, 3.8) is 0 Å². The van der Waals surface area contributed by atoms with E-state index in [0.717, 1.165) is 11.8 Å². The van der Waals surface area contributed by atoms with E-state index in [-0.39, 0.29) is 10.7 Å². The summed E-state index contributed by atoms with van der Waals surface area (Å²) < 4.78 is 41.4. The van der Waals surface area contributed by atoms with E-state index in [4.69, 9.17) is 0 Å². The number of alkyl halides is 3. The highest BCUT2D eigenvalue weighted by Gasteiger charge is 2.31. The van der Waals surface area contributed by atoms with Crippen LogP contribution in [0.1, 0.15) is 5.56 Å². The Morgan fingerprint density at radius 1 is 1.25 bits per heavy atom. The van der Waals surface area contributed by atoms with Crippen LogP contribution in [0.5, 0.6) is 5.75 Å². The Balaban J connectivity index is 2.11. The summed E-state index contributed by atoms with van der Waals surface area (Å²) in [6.45, 7) is -1.92. The van der Waals surface area contributed by atoms with E-state index in [1.165, 1.54) is 30.3 Å². The number of amides is 2. The lowest BCUT2D eigenvalue weighted by molar-refractivity contribution is -0.186. The maximum atomic E-state index is 12.7. The summed E-state index contributed by atoms with van der Waals surface area (Å²) in [6, 6.07) is 5.26. The van der Waals surface area contributed by atoms with Gasteiger partial charge in [-0.05, 0) is 35.5 Å². The van der Waals surface area contributed by atoms with Gasteiger partial charge in [0.1, 0.15) is 5.75 Å². The van der Waals surface area contributed by atoms with Gasteiger partial charge in [-0.3, -0.25) is 14.9 Å². The molecule has 0 unspecified atom stereocenters. The fourth-order valence-corrected chi connectivity index (χ4v) is 2.09. The number of halogens is 3. The SMILES string of the molecule is O=C1NC(=O)/C(=C/c2ccc(OC(F)(F)CF)cc2)S1. The van der Waals surface area contributed by atoms with Gasteiger partial charge in [-0.15, -0.1) is 0 Å². The summed E-state index contributed by atoms with van der Waals surface area (Å²) in [7, 11) is 0. The van der Waals surface area contributed by atoms with Gasteiger partial charge in [-0.1, -0.05) is 12.1 Å². The molecule has 0 saturated carbocycles. The van der Waals surface area contributed by atoms with Crippen molar-refractivity contribution in [1.29, 1.82) is 0 Å². The molecule has 0 atom stereocenters. The van der Waals surface area contributed by atoms with E-state index < -0.39 is 23.9 Å². The van der Waals surface area contributed by atoms with E-state index >= 15 is 0 Å². The molecule has 2 amide bonds. The van der Waals surface area contributed by atoms with Gasteiger partial charge in [0.2, 0.25) is 0 Å². The third-order valence-corrected chi connectivity index (χ3v) is 3.05. The molecule has 0 aliphatic carbocycles. The summed E-state index contributed by atoms with van der Waals surface area (Å²) in [5.41, 5.74) is 0.522. The minimum atomic E-state index is -3.87. The van der Waals surface area contributed by atoms with Crippen LogP contribution in [0.25, 0.3) is 6.08 Å². The molecule has 2 rings (SSSR count). The van der Waals surface area contributed by atoms with Crippen molar-refractivity contribution in [2.45, 2.75) is 6.11 Å². The highest BCUT2D eigenvalue weighted by Crippen LogP contribution is 2.27. The number of nitrogens with one attached hydrogen (secondary N) is 1. The summed E-state index contributed by atoms with van der Waals surface area (Å²) in [4.78, 5) is 22.5. The average Bonchev–Trinajstić information content (AvgIpc) is 2.70. The van der Waals surface area contributed by atoms with Crippen molar-refractivity contribution in [3.8, 4) is 5.75 Å². The number of hydrogen-bond acceptors (Lipinski definition) is 4. The van der Waals surface area contributed by atoms with Crippen LogP contribution >= 0.6 is 11.8 Å². The Morgan fingerprint density at radius 3 is 2.40 bits per heavy atom.